The average Bonchev–Trinajstić information content (AvgIpc) is 2.37. The number of piperazine rings is 1. The first-order valence-corrected chi connectivity index (χ1v) is 8.25. The van der Waals surface area contributed by atoms with Crippen LogP contribution in [0.15, 0.2) is 0 Å². The van der Waals surface area contributed by atoms with Crippen molar-refractivity contribution in [2.75, 3.05) is 32.7 Å². The molecular formula is C15H31N3S. The molecule has 1 heterocycles. The Morgan fingerprint density at radius 3 is 2.16 bits per heavy atom. The molecule has 2 unspecified atom stereocenters. The van der Waals surface area contributed by atoms with Gasteiger partial charge in [-0.15, -0.1) is 0 Å². The first kappa shape index (κ1) is 16.9. The molecule has 4 heteroatoms. The molecule has 0 aromatic heterocycles. The Morgan fingerprint density at radius 1 is 1.11 bits per heavy atom. The third-order valence-corrected chi connectivity index (χ3v) is 4.36. The maximum absolute atomic E-state index is 5.88. The summed E-state index contributed by atoms with van der Waals surface area (Å²) in [5.74, 6) is 0.818. The monoisotopic (exact) mass is 285 g/mol. The maximum Gasteiger partial charge on any atom is 0.0902 e. The molecule has 0 aliphatic carbocycles. The zero-order chi connectivity index (χ0) is 14.3. The van der Waals surface area contributed by atoms with Gasteiger partial charge >= 0.3 is 0 Å². The smallest absolute Gasteiger partial charge is 0.0902 e. The van der Waals surface area contributed by atoms with E-state index < -0.39 is 0 Å². The molecule has 1 fully saturated rings. The molecule has 0 aromatic carbocycles. The van der Waals surface area contributed by atoms with Gasteiger partial charge in [0.2, 0.25) is 0 Å². The van der Waals surface area contributed by atoms with Crippen molar-refractivity contribution in [1.82, 2.24) is 9.80 Å². The molecule has 1 saturated heterocycles. The molecule has 0 bridgehead atoms. The SMILES string of the molecule is CCCC(C)CN1CCN(C(CCC)C(N)=S)CC1. The summed E-state index contributed by atoms with van der Waals surface area (Å²) in [7, 11) is 0. The van der Waals surface area contributed by atoms with E-state index in [4.69, 9.17) is 18.0 Å². The van der Waals surface area contributed by atoms with Crippen LogP contribution in [0.25, 0.3) is 0 Å². The topological polar surface area (TPSA) is 32.5 Å². The van der Waals surface area contributed by atoms with Crippen molar-refractivity contribution in [1.29, 1.82) is 0 Å². The summed E-state index contributed by atoms with van der Waals surface area (Å²) in [4.78, 5) is 5.75. The van der Waals surface area contributed by atoms with Crippen molar-refractivity contribution in [3.8, 4) is 0 Å². The van der Waals surface area contributed by atoms with Crippen LogP contribution in [0.4, 0.5) is 0 Å². The van der Waals surface area contributed by atoms with Crippen LogP contribution in [0.1, 0.15) is 46.5 Å². The third-order valence-electron chi connectivity index (χ3n) is 4.09. The molecule has 0 saturated carbocycles. The van der Waals surface area contributed by atoms with E-state index in [0.29, 0.717) is 11.0 Å². The summed E-state index contributed by atoms with van der Waals surface area (Å²) in [6, 6.07) is 0.315. The Morgan fingerprint density at radius 2 is 1.68 bits per heavy atom. The van der Waals surface area contributed by atoms with Crippen molar-refractivity contribution < 1.29 is 0 Å². The maximum atomic E-state index is 5.88. The fourth-order valence-electron chi connectivity index (χ4n) is 3.06. The second-order valence-corrected chi connectivity index (χ2v) is 6.41. The van der Waals surface area contributed by atoms with Gasteiger partial charge in [-0.25, -0.2) is 0 Å². The summed E-state index contributed by atoms with van der Waals surface area (Å²) < 4.78 is 0. The Kier molecular flexibility index (Phi) is 7.88. The molecule has 112 valence electrons. The van der Waals surface area contributed by atoms with Gasteiger partial charge in [-0.2, -0.15) is 0 Å². The average molecular weight is 286 g/mol. The van der Waals surface area contributed by atoms with Crippen LogP contribution in [0.3, 0.4) is 0 Å². The van der Waals surface area contributed by atoms with Gasteiger partial charge < -0.3 is 10.6 Å². The van der Waals surface area contributed by atoms with Gasteiger partial charge in [0.15, 0.2) is 0 Å². The van der Waals surface area contributed by atoms with Gasteiger partial charge in [-0.05, 0) is 18.8 Å². The lowest BCUT2D eigenvalue weighted by atomic mass is 10.0. The minimum absolute atomic E-state index is 0.315. The molecule has 2 atom stereocenters. The number of nitrogens with two attached hydrogens (primary N) is 1. The number of hydrogen-bond acceptors (Lipinski definition) is 3. The van der Waals surface area contributed by atoms with E-state index in [1.54, 1.807) is 0 Å². The fourth-order valence-corrected chi connectivity index (χ4v) is 3.33. The van der Waals surface area contributed by atoms with Crippen molar-refractivity contribution in [3.63, 3.8) is 0 Å². The number of nitrogens with zero attached hydrogens (tertiary/aromatic N) is 2. The van der Waals surface area contributed by atoms with E-state index in [-0.39, 0.29) is 0 Å². The third kappa shape index (κ3) is 5.76. The standard InChI is InChI=1S/C15H31N3S/c1-4-6-13(3)12-17-8-10-18(11-9-17)14(7-5-2)15(16)19/h13-14H,4-12H2,1-3H3,(H2,16,19). The van der Waals surface area contributed by atoms with E-state index in [2.05, 4.69) is 30.6 Å². The largest absolute Gasteiger partial charge is 0.392 e. The summed E-state index contributed by atoms with van der Waals surface area (Å²) in [5, 5.41) is 0. The molecule has 0 amide bonds. The Bertz CT molecular complexity index is 262. The molecule has 1 rings (SSSR count). The van der Waals surface area contributed by atoms with Crippen LogP contribution in [-0.4, -0.2) is 53.6 Å². The number of thiocarbonyl (C=S) groups is 1. The Balaban J connectivity index is 2.36. The Hall–Kier alpha value is -0.190. The molecule has 19 heavy (non-hydrogen) atoms. The van der Waals surface area contributed by atoms with Crippen LogP contribution in [0.5, 0.6) is 0 Å². The van der Waals surface area contributed by atoms with Gasteiger partial charge in [0.1, 0.15) is 0 Å². The minimum Gasteiger partial charge on any atom is -0.392 e. The zero-order valence-corrected chi connectivity index (χ0v) is 13.7. The molecule has 0 spiro atoms. The predicted molar refractivity (Wildman–Crippen MR) is 87.6 cm³/mol. The minimum atomic E-state index is 0.315. The molecule has 3 nitrogen and oxygen atoms in total. The lowest BCUT2D eigenvalue weighted by Crippen LogP contribution is -2.54. The van der Waals surface area contributed by atoms with Crippen LogP contribution in [-0.2, 0) is 0 Å². The van der Waals surface area contributed by atoms with Crippen LogP contribution in [0.2, 0.25) is 0 Å². The molecule has 0 radical (unpaired) electrons. The van der Waals surface area contributed by atoms with Crippen molar-refractivity contribution in [3.05, 3.63) is 0 Å². The second kappa shape index (κ2) is 8.88. The normalized spacial score (nSPS) is 21.2. The summed E-state index contributed by atoms with van der Waals surface area (Å²) in [6.45, 7) is 12.6. The van der Waals surface area contributed by atoms with E-state index in [1.807, 2.05) is 0 Å². The highest BCUT2D eigenvalue weighted by atomic mass is 32.1. The lowest BCUT2D eigenvalue weighted by molar-refractivity contribution is 0.103. The predicted octanol–water partition coefficient (Wildman–Crippen LogP) is 2.50. The summed E-state index contributed by atoms with van der Waals surface area (Å²) in [5.41, 5.74) is 5.88. The van der Waals surface area contributed by atoms with E-state index in [1.165, 1.54) is 19.4 Å². The first-order valence-electron chi connectivity index (χ1n) is 7.84. The van der Waals surface area contributed by atoms with Crippen LogP contribution < -0.4 is 5.73 Å². The molecule has 1 aliphatic rings. The molecular weight excluding hydrogens is 254 g/mol. The van der Waals surface area contributed by atoms with Gasteiger partial charge in [0.05, 0.1) is 11.0 Å². The van der Waals surface area contributed by atoms with Crippen LogP contribution >= 0.6 is 12.2 Å². The fraction of sp³-hybridized carbons (Fsp3) is 0.933. The molecule has 2 N–H and O–H groups in total. The highest BCUT2D eigenvalue weighted by Crippen LogP contribution is 2.14. The van der Waals surface area contributed by atoms with Crippen LogP contribution in [0, 0.1) is 5.92 Å². The highest BCUT2D eigenvalue weighted by molar-refractivity contribution is 7.80. The summed E-state index contributed by atoms with van der Waals surface area (Å²) >= 11 is 5.22. The number of hydrogen-bond donors (Lipinski definition) is 1. The first-order chi connectivity index (χ1) is 9.08. The zero-order valence-electron chi connectivity index (χ0n) is 12.9. The highest BCUT2D eigenvalue weighted by Gasteiger charge is 2.25. The lowest BCUT2D eigenvalue weighted by Gasteiger charge is -2.39. The van der Waals surface area contributed by atoms with Gasteiger partial charge in [0, 0.05) is 32.7 Å². The molecule has 1 aliphatic heterocycles. The van der Waals surface area contributed by atoms with E-state index in [0.717, 1.165) is 44.9 Å². The van der Waals surface area contributed by atoms with E-state index in [9.17, 15) is 0 Å². The summed E-state index contributed by atoms with van der Waals surface area (Å²) in [6.07, 6.45) is 4.88. The van der Waals surface area contributed by atoms with E-state index >= 15 is 0 Å². The Labute approximate surface area is 124 Å². The quantitative estimate of drug-likeness (QED) is 0.695. The van der Waals surface area contributed by atoms with Crippen molar-refractivity contribution in [2.24, 2.45) is 11.7 Å². The van der Waals surface area contributed by atoms with Gasteiger partial charge in [-0.3, -0.25) is 4.90 Å². The molecule has 0 aromatic rings. The number of rotatable bonds is 8. The van der Waals surface area contributed by atoms with Gasteiger partial charge in [-0.1, -0.05) is 45.8 Å². The van der Waals surface area contributed by atoms with Crippen molar-refractivity contribution in [2.45, 2.75) is 52.5 Å². The van der Waals surface area contributed by atoms with Crippen molar-refractivity contribution >= 4 is 17.2 Å². The van der Waals surface area contributed by atoms with Gasteiger partial charge in [0.25, 0.3) is 0 Å². The second-order valence-electron chi connectivity index (χ2n) is 5.94.